The zero-order valence-corrected chi connectivity index (χ0v) is 10.9. The molecule has 2 aliphatic heterocycles. The van der Waals surface area contributed by atoms with Crippen molar-refractivity contribution in [3.05, 3.63) is 29.6 Å². The minimum Gasteiger partial charge on any atom is -0.363 e. The first-order valence-corrected chi connectivity index (χ1v) is 6.95. The summed E-state index contributed by atoms with van der Waals surface area (Å²) in [6.07, 6.45) is 5.56. The van der Waals surface area contributed by atoms with Gasteiger partial charge in [0, 0.05) is 18.1 Å². The second kappa shape index (κ2) is 4.54. The number of rotatable bonds is 1. The normalized spacial score (nSPS) is 31.5. The summed E-state index contributed by atoms with van der Waals surface area (Å²) in [5.74, 6) is -0.0898. The lowest BCUT2D eigenvalue weighted by Crippen LogP contribution is -2.55. The van der Waals surface area contributed by atoms with E-state index >= 15 is 0 Å². The smallest absolute Gasteiger partial charge is 0.146 e. The highest BCUT2D eigenvalue weighted by molar-refractivity contribution is 5.53. The Bertz CT molecular complexity index is 432. The van der Waals surface area contributed by atoms with Crippen LogP contribution in [0.4, 0.5) is 10.1 Å². The zero-order valence-electron chi connectivity index (χ0n) is 10.9. The van der Waals surface area contributed by atoms with Crippen LogP contribution in [0.15, 0.2) is 18.2 Å². The van der Waals surface area contributed by atoms with Crippen molar-refractivity contribution in [1.29, 1.82) is 0 Å². The molecule has 1 aromatic carbocycles. The van der Waals surface area contributed by atoms with Gasteiger partial charge in [0.2, 0.25) is 0 Å². The molecule has 2 unspecified atom stereocenters. The van der Waals surface area contributed by atoms with Crippen LogP contribution in [0.1, 0.15) is 37.7 Å². The lowest BCUT2D eigenvalue weighted by molar-refractivity contribution is 0.269. The number of aryl methyl sites for hydroxylation is 1. The van der Waals surface area contributed by atoms with E-state index in [1.165, 1.54) is 6.42 Å². The lowest BCUT2D eigenvalue weighted by atomic mass is 9.81. The second-order valence-corrected chi connectivity index (χ2v) is 5.83. The summed E-state index contributed by atoms with van der Waals surface area (Å²) in [6, 6.07) is 6.58. The number of anilines is 1. The van der Waals surface area contributed by atoms with Crippen LogP contribution in [0, 0.1) is 12.7 Å². The van der Waals surface area contributed by atoms with E-state index in [2.05, 4.69) is 4.90 Å². The lowest BCUT2D eigenvalue weighted by Gasteiger charge is -2.49. The minimum absolute atomic E-state index is 0.0898. The number of benzene rings is 1. The van der Waals surface area contributed by atoms with Crippen molar-refractivity contribution >= 4 is 5.69 Å². The Morgan fingerprint density at radius 1 is 1.22 bits per heavy atom. The molecule has 0 saturated carbocycles. The van der Waals surface area contributed by atoms with Crippen LogP contribution in [0.2, 0.25) is 0 Å². The molecule has 2 aliphatic rings. The number of piperidine rings is 2. The van der Waals surface area contributed by atoms with Gasteiger partial charge >= 0.3 is 0 Å². The monoisotopic (exact) mass is 248 g/mol. The summed E-state index contributed by atoms with van der Waals surface area (Å²) >= 11 is 0. The summed E-state index contributed by atoms with van der Waals surface area (Å²) in [5, 5.41) is 0. The third-order valence-electron chi connectivity index (χ3n) is 4.39. The van der Waals surface area contributed by atoms with Gasteiger partial charge in [-0.3, -0.25) is 0 Å². The Hall–Kier alpha value is -1.09. The molecule has 0 aliphatic carbocycles. The molecule has 0 aromatic heterocycles. The van der Waals surface area contributed by atoms with Crippen LogP contribution in [-0.4, -0.2) is 18.1 Å². The van der Waals surface area contributed by atoms with Crippen molar-refractivity contribution in [2.24, 2.45) is 5.73 Å². The van der Waals surface area contributed by atoms with Gasteiger partial charge in [0.05, 0.1) is 5.69 Å². The second-order valence-electron chi connectivity index (χ2n) is 5.83. The third-order valence-corrected chi connectivity index (χ3v) is 4.39. The van der Waals surface area contributed by atoms with Gasteiger partial charge in [-0.25, -0.2) is 4.39 Å². The predicted molar refractivity (Wildman–Crippen MR) is 72.3 cm³/mol. The average molecular weight is 248 g/mol. The van der Waals surface area contributed by atoms with Crippen LogP contribution in [0.5, 0.6) is 0 Å². The summed E-state index contributed by atoms with van der Waals surface area (Å²) < 4.78 is 14.1. The van der Waals surface area contributed by atoms with Gasteiger partial charge in [-0.15, -0.1) is 0 Å². The van der Waals surface area contributed by atoms with E-state index in [4.69, 9.17) is 5.73 Å². The summed E-state index contributed by atoms with van der Waals surface area (Å²) in [4.78, 5) is 2.31. The number of nitrogens with zero attached hydrogens (tertiary/aromatic N) is 1. The Morgan fingerprint density at radius 3 is 2.56 bits per heavy atom. The fourth-order valence-corrected chi connectivity index (χ4v) is 3.64. The first kappa shape index (κ1) is 12.0. The molecule has 0 amide bonds. The minimum atomic E-state index is -0.0898. The van der Waals surface area contributed by atoms with Crippen molar-refractivity contribution in [3.63, 3.8) is 0 Å². The van der Waals surface area contributed by atoms with E-state index in [1.807, 2.05) is 19.1 Å². The molecule has 2 nitrogen and oxygen atoms in total. The molecule has 3 rings (SSSR count). The van der Waals surface area contributed by atoms with Gasteiger partial charge in [0.1, 0.15) is 5.82 Å². The van der Waals surface area contributed by atoms with E-state index in [0.717, 1.165) is 36.9 Å². The number of nitrogens with two attached hydrogens (primary N) is 1. The van der Waals surface area contributed by atoms with E-state index < -0.39 is 0 Å². The van der Waals surface area contributed by atoms with Gasteiger partial charge < -0.3 is 10.6 Å². The summed E-state index contributed by atoms with van der Waals surface area (Å²) in [5.41, 5.74) is 8.03. The number of hydrogen-bond acceptors (Lipinski definition) is 2. The van der Waals surface area contributed by atoms with Gasteiger partial charge in [-0.2, -0.15) is 0 Å². The van der Waals surface area contributed by atoms with Gasteiger partial charge in [0.25, 0.3) is 0 Å². The third kappa shape index (κ3) is 2.01. The maximum Gasteiger partial charge on any atom is 0.146 e. The van der Waals surface area contributed by atoms with Crippen molar-refractivity contribution in [2.75, 3.05) is 4.90 Å². The molecule has 2 heterocycles. The van der Waals surface area contributed by atoms with Gasteiger partial charge in [-0.05, 0) is 56.7 Å². The first-order valence-electron chi connectivity index (χ1n) is 6.95. The van der Waals surface area contributed by atoms with Crippen molar-refractivity contribution in [2.45, 2.75) is 57.2 Å². The van der Waals surface area contributed by atoms with E-state index in [-0.39, 0.29) is 5.82 Å². The van der Waals surface area contributed by atoms with Crippen LogP contribution in [0.25, 0.3) is 0 Å². The van der Waals surface area contributed by atoms with Crippen LogP contribution < -0.4 is 10.6 Å². The highest BCUT2D eigenvalue weighted by Crippen LogP contribution is 2.38. The Balaban J connectivity index is 1.97. The quantitative estimate of drug-likeness (QED) is 0.828. The molecule has 3 heteroatoms. The van der Waals surface area contributed by atoms with Crippen molar-refractivity contribution < 1.29 is 4.39 Å². The number of hydrogen-bond donors (Lipinski definition) is 1. The van der Waals surface area contributed by atoms with Crippen molar-refractivity contribution in [3.8, 4) is 0 Å². The van der Waals surface area contributed by atoms with Crippen LogP contribution in [-0.2, 0) is 0 Å². The Morgan fingerprint density at radius 2 is 1.89 bits per heavy atom. The molecular weight excluding hydrogens is 227 g/mol. The molecule has 2 bridgehead atoms. The standard InChI is InChI=1S/C15H21FN2/c1-10-5-6-14(16)15(7-10)18-12-3-2-4-13(18)9-11(17)8-12/h5-7,11-13H,2-4,8-9,17H2,1H3. The zero-order chi connectivity index (χ0) is 12.7. The molecule has 2 fully saturated rings. The molecule has 2 atom stereocenters. The molecule has 0 spiro atoms. The molecule has 98 valence electrons. The number of fused-ring (bicyclic) bond motifs is 2. The molecule has 0 radical (unpaired) electrons. The fraction of sp³-hybridized carbons (Fsp3) is 0.600. The van der Waals surface area contributed by atoms with Crippen LogP contribution in [0.3, 0.4) is 0 Å². The Kier molecular flexibility index (Phi) is 3.02. The first-order chi connectivity index (χ1) is 8.65. The Labute approximate surface area is 108 Å². The molecule has 1 aromatic rings. The largest absolute Gasteiger partial charge is 0.363 e. The molecular formula is C15H21FN2. The highest BCUT2D eigenvalue weighted by Gasteiger charge is 2.38. The van der Waals surface area contributed by atoms with Crippen molar-refractivity contribution in [1.82, 2.24) is 0 Å². The number of halogens is 1. The van der Waals surface area contributed by atoms with E-state index in [0.29, 0.717) is 18.1 Å². The molecule has 2 N–H and O–H groups in total. The topological polar surface area (TPSA) is 29.3 Å². The maximum atomic E-state index is 14.1. The fourth-order valence-electron chi connectivity index (χ4n) is 3.64. The maximum absolute atomic E-state index is 14.1. The van der Waals surface area contributed by atoms with Gasteiger partial charge in [-0.1, -0.05) is 6.07 Å². The predicted octanol–water partition coefficient (Wildman–Crippen LogP) is 2.98. The van der Waals surface area contributed by atoms with Crippen LogP contribution >= 0.6 is 0 Å². The molecule has 2 saturated heterocycles. The summed E-state index contributed by atoms with van der Waals surface area (Å²) in [7, 11) is 0. The SMILES string of the molecule is Cc1ccc(F)c(N2C3CCCC2CC(N)C3)c1. The van der Waals surface area contributed by atoms with E-state index in [9.17, 15) is 4.39 Å². The molecule has 18 heavy (non-hydrogen) atoms. The average Bonchev–Trinajstić information content (AvgIpc) is 2.31. The van der Waals surface area contributed by atoms with E-state index in [1.54, 1.807) is 6.07 Å². The van der Waals surface area contributed by atoms with Gasteiger partial charge in [0.15, 0.2) is 0 Å². The summed E-state index contributed by atoms with van der Waals surface area (Å²) in [6.45, 7) is 2.02. The highest BCUT2D eigenvalue weighted by atomic mass is 19.1.